The minimum absolute atomic E-state index is 0.0148. The molecule has 384 valence electrons. The minimum atomic E-state index is -1.70. The van der Waals surface area contributed by atoms with Crippen LogP contribution in [0, 0.1) is 17.8 Å². The van der Waals surface area contributed by atoms with Crippen LogP contribution in [0.4, 0.5) is 0 Å². The van der Waals surface area contributed by atoms with Gasteiger partial charge < -0.3 is 68.9 Å². The number of fused-ring (bicyclic) bond motifs is 13. The van der Waals surface area contributed by atoms with Gasteiger partial charge in [0.1, 0.15) is 48.8 Å². The van der Waals surface area contributed by atoms with Crippen molar-refractivity contribution in [2.24, 2.45) is 17.8 Å². The number of hydrogen-bond acceptors (Lipinski definition) is 15. The Balaban J connectivity index is 1.22. The number of hydrogen-bond donors (Lipinski definition) is 7. The number of aliphatic hydroxyl groups is 6. The average molecular weight is 969 g/mol. The van der Waals surface area contributed by atoms with Gasteiger partial charge in [0.2, 0.25) is 0 Å². The summed E-state index contributed by atoms with van der Waals surface area (Å²) in [4.78, 5) is 24.1. The summed E-state index contributed by atoms with van der Waals surface area (Å²) in [5, 5.41) is 73.8. The summed E-state index contributed by atoms with van der Waals surface area (Å²) in [5.74, 6) is -1.39. The van der Waals surface area contributed by atoms with Crippen molar-refractivity contribution in [1.29, 1.82) is 0 Å². The van der Waals surface area contributed by atoms with Crippen molar-refractivity contribution in [2.45, 2.75) is 196 Å². The zero-order valence-electron chi connectivity index (χ0n) is 40.3. The van der Waals surface area contributed by atoms with E-state index in [-0.39, 0.29) is 61.1 Å². The third-order valence-electron chi connectivity index (χ3n) is 14.1. The second-order valence-corrected chi connectivity index (χ2v) is 19.5. The molecule has 7 N–H and O–H groups in total. The molecule has 7 bridgehead atoms. The van der Waals surface area contributed by atoms with Gasteiger partial charge in [0.15, 0.2) is 12.4 Å². The molecule has 16 heteroatoms. The molecule has 0 unspecified atom stereocenters. The number of ether oxygens (including phenoxy) is 7. The van der Waals surface area contributed by atoms with Crippen molar-refractivity contribution < 1.29 is 78.5 Å². The van der Waals surface area contributed by atoms with Gasteiger partial charge >= 0.3 is 11.9 Å². The topological polar surface area (TPSA) is 240 Å². The zero-order valence-corrected chi connectivity index (χ0v) is 40.3. The smallest absolute Gasteiger partial charge is 0.331 e. The molecule has 0 spiro atoms. The highest BCUT2D eigenvalue weighted by Gasteiger charge is 2.48. The van der Waals surface area contributed by atoms with Gasteiger partial charge in [-0.05, 0) is 63.0 Å². The highest BCUT2D eigenvalue weighted by molar-refractivity contribution is 5.82. The lowest BCUT2D eigenvalue weighted by atomic mass is 9.85. The second kappa shape index (κ2) is 26.7. The molecule has 7 aliphatic heterocycles. The molecule has 7 heterocycles. The Morgan fingerprint density at radius 1 is 0.725 bits per heavy atom. The third-order valence-corrected chi connectivity index (χ3v) is 14.1. The first kappa shape index (κ1) is 54.7. The largest absolute Gasteiger partial charge is 0.481 e. The molecule has 7 aliphatic rings. The van der Waals surface area contributed by atoms with Crippen molar-refractivity contribution in [3.63, 3.8) is 0 Å². The van der Waals surface area contributed by atoms with Crippen LogP contribution in [-0.4, -0.2) is 158 Å². The standard InChI is InChI=1S/C53H76O16/c1-31(17-14-15-23-46(56)57)27-32(2)52-41-26-25-35(63-52)18-10-6-5-7-12-20-40(68-53-51(62)50(61)49(60)45(30-54)69-53)48(59)44-28-36(55)33(3)37(65-44)21-16-22-38-34(4)42-29-43(64-38)39(66-42)19-11-8-9-13-24-47(58)67-41/h6,8-13,16,19-20,22,24-27,31,33-45,48-55,59-62H,5,7,14-15,17-18,21,23,28-30H2,1-4H3,(H,56,57)/b9-8?,10-6+,19-11?,20-12+,22-16?,24-13+,32-27?/t31-,33-,34-,35+,36+,37-,38-,39+,40-,41+,42-,43+,44+,45+,48+,49-,50+,51+,52+,53-/m1/s1. The molecular formula is C53H76O16. The van der Waals surface area contributed by atoms with Gasteiger partial charge in [-0.3, -0.25) is 4.79 Å². The maximum Gasteiger partial charge on any atom is 0.331 e. The number of allylic oxidation sites excluding steroid dienone is 7. The van der Waals surface area contributed by atoms with Crippen molar-refractivity contribution >= 4 is 11.9 Å². The summed E-state index contributed by atoms with van der Waals surface area (Å²) in [6.45, 7) is 7.36. The summed E-state index contributed by atoms with van der Waals surface area (Å²) in [7, 11) is 0. The Morgan fingerprint density at radius 2 is 1.49 bits per heavy atom. The average Bonchev–Trinajstić information content (AvgIpc) is 3.67. The second-order valence-electron chi connectivity index (χ2n) is 19.5. The lowest BCUT2D eigenvalue weighted by molar-refractivity contribution is -0.316. The Hall–Kier alpha value is -3.62. The number of rotatable bonds is 10. The van der Waals surface area contributed by atoms with E-state index < -0.39 is 92.0 Å². The Bertz CT molecular complexity index is 1890. The van der Waals surface area contributed by atoms with Crippen molar-refractivity contribution in [1.82, 2.24) is 0 Å². The summed E-state index contributed by atoms with van der Waals surface area (Å²) >= 11 is 0. The molecule has 16 nitrogen and oxygen atoms in total. The summed E-state index contributed by atoms with van der Waals surface area (Å²) in [6.07, 6.45) is 18.2. The van der Waals surface area contributed by atoms with E-state index in [4.69, 9.17) is 38.3 Å². The molecule has 7 rings (SSSR count). The van der Waals surface area contributed by atoms with E-state index in [1.807, 2.05) is 68.5 Å². The van der Waals surface area contributed by atoms with E-state index in [2.05, 4.69) is 19.9 Å². The minimum Gasteiger partial charge on any atom is -0.481 e. The van der Waals surface area contributed by atoms with Crippen molar-refractivity contribution in [3.05, 3.63) is 96.7 Å². The van der Waals surface area contributed by atoms with Crippen LogP contribution in [0.3, 0.4) is 0 Å². The molecule has 4 fully saturated rings. The summed E-state index contributed by atoms with van der Waals surface area (Å²) in [5.41, 5.74) is 0.901. The Morgan fingerprint density at radius 3 is 2.28 bits per heavy atom. The maximum absolute atomic E-state index is 13.1. The first-order valence-electron chi connectivity index (χ1n) is 24.9. The first-order chi connectivity index (χ1) is 33.1. The van der Waals surface area contributed by atoms with Gasteiger partial charge in [0, 0.05) is 37.2 Å². The van der Waals surface area contributed by atoms with E-state index in [0.29, 0.717) is 32.1 Å². The molecule has 69 heavy (non-hydrogen) atoms. The molecule has 0 amide bonds. The number of aliphatic hydroxyl groups excluding tert-OH is 6. The summed E-state index contributed by atoms with van der Waals surface area (Å²) < 4.78 is 43.7. The predicted molar refractivity (Wildman–Crippen MR) is 254 cm³/mol. The highest BCUT2D eigenvalue weighted by Crippen LogP contribution is 2.39. The van der Waals surface area contributed by atoms with E-state index in [9.17, 15) is 40.2 Å². The number of unbranched alkanes of at least 4 members (excludes halogenated alkanes) is 1. The maximum atomic E-state index is 13.1. The van der Waals surface area contributed by atoms with Crippen LogP contribution in [0.5, 0.6) is 0 Å². The summed E-state index contributed by atoms with van der Waals surface area (Å²) in [6, 6.07) is 0. The predicted octanol–water partition coefficient (Wildman–Crippen LogP) is 4.62. The number of esters is 1. The monoisotopic (exact) mass is 969 g/mol. The van der Waals surface area contributed by atoms with E-state index in [1.54, 1.807) is 24.3 Å². The molecule has 4 saturated heterocycles. The molecule has 0 aromatic carbocycles. The SMILES string of the molecule is CC(=C[C@H](C)CCCCC(=O)O)[C@@H]1O[C@@H]2C=C[C@@H]1OC(=O)/C=C/C=CC=C[C@@H]1O[C@@H]3C[C@@H]1O[C@H](C=CC[C@H]1O[C@@H](C[C@H](O)[C@H]1C)[C@@H](O)[C@H](O[C@@H]1O[C@@H](CO)[C@@H](O)[C@H](O)[C@@H]1O)/C=C/CC/C=C/C2)[C@H]3C. The molecular weight excluding hydrogens is 893 g/mol. The molecule has 0 aromatic heterocycles. The van der Waals surface area contributed by atoms with Crippen LogP contribution in [0.15, 0.2) is 96.7 Å². The van der Waals surface area contributed by atoms with Gasteiger partial charge in [0.05, 0.1) is 49.3 Å². The quantitative estimate of drug-likeness (QED) is 0.0898. The van der Waals surface area contributed by atoms with Crippen LogP contribution in [0.25, 0.3) is 0 Å². The van der Waals surface area contributed by atoms with Gasteiger partial charge in [0.25, 0.3) is 0 Å². The van der Waals surface area contributed by atoms with Gasteiger partial charge in [-0.1, -0.05) is 106 Å². The molecule has 0 saturated carbocycles. The molecule has 20 atom stereocenters. The van der Waals surface area contributed by atoms with Crippen LogP contribution in [-0.2, 0) is 42.7 Å². The van der Waals surface area contributed by atoms with E-state index >= 15 is 0 Å². The van der Waals surface area contributed by atoms with Gasteiger partial charge in [-0.15, -0.1) is 0 Å². The number of aliphatic carboxylic acids is 1. The number of carboxylic acid groups (broad SMARTS) is 1. The zero-order chi connectivity index (χ0) is 49.6. The van der Waals surface area contributed by atoms with Crippen LogP contribution >= 0.6 is 0 Å². The Kier molecular flexibility index (Phi) is 21.2. The lowest BCUT2D eigenvalue weighted by Gasteiger charge is -2.43. The molecule has 0 aromatic rings. The van der Waals surface area contributed by atoms with E-state index in [1.165, 1.54) is 6.08 Å². The van der Waals surface area contributed by atoms with E-state index in [0.717, 1.165) is 24.8 Å². The normalized spacial score (nSPS) is 42.3. The Labute approximate surface area is 406 Å². The fraction of sp³-hybridized carbons (Fsp3) is 0.660. The first-order valence-corrected chi connectivity index (χ1v) is 24.9. The molecule has 0 radical (unpaired) electrons. The fourth-order valence-electron chi connectivity index (χ4n) is 9.83. The fourth-order valence-corrected chi connectivity index (χ4v) is 9.83. The lowest BCUT2D eigenvalue weighted by Crippen LogP contribution is -2.60. The number of carbonyl (C=O) groups excluding carboxylic acids is 1. The highest BCUT2D eigenvalue weighted by atomic mass is 16.7. The third kappa shape index (κ3) is 15.4. The molecule has 0 aliphatic carbocycles. The van der Waals surface area contributed by atoms with Crippen molar-refractivity contribution in [2.75, 3.05) is 6.61 Å². The number of carboxylic acids is 1. The van der Waals surface area contributed by atoms with Crippen LogP contribution in [0.1, 0.15) is 91.9 Å². The van der Waals surface area contributed by atoms with Gasteiger partial charge in [-0.2, -0.15) is 0 Å². The van der Waals surface area contributed by atoms with Crippen LogP contribution < -0.4 is 0 Å². The van der Waals surface area contributed by atoms with Crippen LogP contribution in [0.2, 0.25) is 0 Å². The van der Waals surface area contributed by atoms with Crippen molar-refractivity contribution in [3.8, 4) is 0 Å². The van der Waals surface area contributed by atoms with Gasteiger partial charge in [-0.25, -0.2) is 4.79 Å². The number of carbonyl (C=O) groups is 2.